The highest BCUT2D eigenvalue weighted by atomic mass is 19.1. The molecule has 0 radical (unpaired) electrons. The summed E-state index contributed by atoms with van der Waals surface area (Å²) in [7, 11) is 0. The van der Waals surface area contributed by atoms with Gasteiger partial charge in [-0.25, -0.2) is 4.39 Å². The van der Waals surface area contributed by atoms with Crippen LogP contribution >= 0.6 is 0 Å². The van der Waals surface area contributed by atoms with Gasteiger partial charge in [0.25, 0.3) is 0 Å². The van der Waals surface area contributed by atoms with Crippen molar-refractivity contribution < 1.29 is 18.7 Å². The molecule has 0 aliphatic carbocycles. The van der Waals surface area contributed by atoms with E-state index < -0.39 is 0 Å². The van der Waals surface area contributed by atoms with Crippen LogP contribution in [0.15, 0.2) is 24.3 Å². The molecule has 2 N–H and O–H groups in total. The summed E-state index contributed by atoms with van der Waals surface area (Å²) < 4.78 is 17.7. The van der Waals surface area contributed by atoms with Gasteiger partial charge in [-0.3, -0.25) is 9.59 Å². The molecule has 1 rings (SSSR count). The predicted molar refractivity (Wildman–Crippen MR) is 78.4 cm³/mol. The first-order chi connectivity index (χ1) is 10.1. The molecule has 0 saturated heterocycles. The third-order valence-electron chi connectivity index (χ3n) is 2.68. The summed E-state index contributed by atoms with van der Waals surface area (Å²) in [6.07, 6.45) is 1.33. The molecule has 1 amide bonds. The lowest BCUT2D eigenvalue weighted by Gasteiger charge is -2.06. The number of anilines is 1. The van der Waals surface area contributed by atoms with Crippen LogP contribution in [0.25, 0.3) is 0 Å². The number of carbonyl (C=O) groups excluding carboxylic acids is 2. The third kappa shape index (κ3) is 8.04. The first kappa shape index (κ1) is 17.1. The molecule has 21 heavy (non-hydrogen) atoms. The number of nitrogens with one attached hydrogen (secondary N) is 2. The highest BCUT2D eigenvalue weighted by Gasteiger charge is 2.03. The summed E-state index contributed by atoms with van der Waals surface area (Å²) in [5.41, 5.74) is 0.447. The number of halogens is 1. The smallest absolute Gasteiger partial charge is 0.305 e. The standard InChI is InChI=1S/C15H21FN2O3/c1-2-21-15(20)7-4-9-17-10-8-14(19)18-13-6-3-5-12(16)11-13/h3,5-6,11,17H,2,4,7-10H2,1H3,(H,18,19). The first-order valence-electron chi connectivity index (χ1n) is 7.03. The normalized spacial score (nSPS) is 10.2. The lowest BCUT2D eigenvalue weighted by molar-refractivity contribution is -0.143. The SMILES string of the molecule is CCOC(=O)CCCNCCC(=O)Nc1cccc(F)c1. The molecular weight excluding hydrogens is 275 g/mol. The monoisotopic (exact) mass is 296 g/mol. The van der Waals surface area contributed by atoms with Crippen LogP contribution in [0.5, 0.6) is 0 Å². The Kier molecular flexibility index (Phi) is 8.04. The van der Waals surface area contributed by atoms with Crippen LogP contribution < -0.4 is 10.6 Å². The number of benzene rings is 1. The second-order valence-corrected chi connectivity index (χ2v) is 4.47. The van der Waals surface area contributed by atoms with Crippen LogP contribution in [-0.2, 0) is 14.3 Å². The molecule has 1 aromatic carbocycles. The van der Waals surface area contributed by atoms with E-state index in [-0.39, 0.29) is 24.1 Å². The van der Waals surface area contributed by atoms with Gasteiger partial charge >= 0.3 is 5.97 Å². The van der Waals surface area contributed by atoms with Gasteiger partial charge in [-0.15, -0.1) is 0 Å². The molecule has 116 valence electrons. The van der Waals surface area contributed by atoms with Crippen LogP contribution in [0.3, 0.4) is 0 Å². The van der Waals surface area contributed by atoms with Crippen LogP contribution in [0.2, 0.25) is 0 Å². The van der Waals surface area contributed by atoms with Gasteiger partial charge in [0, 0.05) is 25.1 Å². The summed E-state index contributed by atoms with van der Waals surface area (Å²) in [4.78, 5) is 22.7. The molecule has 0 aliphatic heterocycles. The molecule has 0 bridgehead atoms. The van der Waals surface area contributed by atoms with E-state index in [1.165, 1.54) is 12.1 Å². The van der Waals surface area contributed by atoms with Crippen molar-refractivity contribution in [1.29, 1.82) is 0 Å². The van der Waals surface area contributed by atoms with Crippen molar-refractivity contribution in [2.24, 2.45) is 0 Å². The minimum atomic E-state index is -0.384. The Hall–Kier alpha value is -1.95. The maximum atomic E-state index is 12.9. The van der Waals surface area contributed by atoms with Gasteiger partial charge in [-0.2, -0.15) is 0 Å². The number of amides is 1. The Morgan fingerprint density at radius 1 is 1.24 bits per heavy atom. The van der Waals surface area contributed by atoms with Crippen LogP contribution in [0.4, 0.5) is 10.1 Å². The fourth-order valence-corrected chi connectivity index (χ4v) is 1.71. The highest BCUT2D eigenvalue weighted by molar-refractivity contribution is 5.90. The van der Waals surface area contributed by atoms with Crippen molar-refractivity contribution in [3.63, 3.8) is 0 Å². The van der Waals surface area contributed by atoms with E-state index in [0.29, 0.717) is 38.2 Å². The molecule has 0 aliphatic rings. The summed E-state index contributed by atoms with van der Waals surface area (Å²) in [6, 6.07) is 5.76. The van der Waals surface area contributed by atoms with E-state index in [0.717, 1.165) is 0 Å². The van der Waals surface area contributed by atoms with Crippen molar-refractivity contribution in [3.05, 3.63) is 30.1 Å². The molecular formula is C15H21FN2O3. The number of ether oxygens (including phenoxy) is 1. The Bertz CT molecular complexity index is 466. The average molecular weight is 296 g/mol. The van der Waals surface area contributed by atoms with Crippen LogP contribution in [0.1, 0.15) is 26.2 Å². The third-order valence-corrected chi connectivity index (χ3v) is 2.68. The van der Waals surface area contributed by atoms with Gasteiger partial charge in [-0.1, -0.05) is 6.07 Å². The molecule has 0 spiro atoms. The number of hydrogen-bond acceptors (Lipinski definition) is 4. The fraction of sp³-hybridized carbons (Fsp3) is 0.467. The van der Waals surface area contributed by atoms with E-state index in [2.05, 4.69) is 10.6 Å². The van der Waals surface area contributed by atoms with Crippen molar-refractivity contribution in [2.75, 3.05) is 25.0 Å². The number of esters is 1. The van der Waals surface area contributed by atoms with Crippen molar-refractivity contribution in [1.82, 2.24) is 5.32 Å². The molecule has 0 atom stereocenters. The van der Waals surface area contributed by atoms with E-state index in [1.54, 1.807) is 19.1 Å². The first-order valence-corrected chi connectivity index (χ1v) is 7.03. The zero-order valence-corrected chi connectivity index (χ0v) is 12.2. The van der Waals surface area contributed by atoms with Gasteiger partial charge in [-0.05, 0) is 38.1 Å². The highest BCUT2D eigenvalue weighted by Crippen LogP contribution is 2.09. The molecule has 0 heterocycles. The summed E-state index contributed by atoms with van der Waals surface area (Å²) in [6.45, 7) is 3.32. The lowest BCUT2D eigenvalue weighted by Crippen LogP contribution is -2.23. The van der Waals surface area contributed by atoms with Gasteiger partial charge in [0.15, 0.2) is 0 Å². The van der Waals surface area contributed by atoms with Crippen molar-refractivity contribution in [3.8, 4) is 0 Å². The molecule has 6 heteroatoms. The van der Waals surface area contributed by atoms with E-state index >= 15 is 0 Å². The van der Waals surface area contributed by atoms with Gasteiger partial charge in [0.1, 0.15) is 5.82 Å². The minimum absolute atomic E-state index is 0.182. The second kappa shape index (κ2) is 9.88. The molecule has 5 nitrogen and oxygen atoms in total. The summed E-state index contributed by atoms with van der Waals surface area (Å²) >= 11 is 0. The zero-order chi connectivity index (χ0) is 15.5. The van der Waals surface area contributed by atoms with E-state index in [1.807, 2.05) is 0 Å². The fourth-order valence-electron chi connectivity index (χ4n) is 1.71. The quantitative estimate of drug-likeness (QED) is 0.541. The van der Waals surface area contributed by atoms with Gasteiger partial charge < -0.3 is 15.4 Å². The Morgan fingerprint density at radius 2 is 2.05 bits per heavy atom. The van der Waals surface area contributed by atoms with Crippen LogP contribution in [0, 0.1) is 5.82 Å². The maximum absolute atomic E-state index is 12.9. The molecule has 0 aromatic heterocycles. The average Bonchev–Trinajstić information content (AvgIpc) is 2.43. The Labute approximate surface area is 123 Å². The largest absolute Gasteiger partial charge is 0.466 e. The van der Waals surface area contributed by atoms with Gasteiger partial charge in [0.2, 0.25) is 5.91 Å². The molecule has 1 aromatic rings. The molecule has 0 fully saturated rings. The molecule has 0 saturated carbocycles. The number of carbonyl (C=O) groups is 2. The summed E-state index contributed by atoms with van der Waals surface area (Å²) in [5, 5.41) is 5.68. The molecule has 0 unspecified atom stereocenters. The topological polar surface area (TPSA) is 67.4 Å². The van der Waals surface area contributed by atoms with E-state index in [9.17, 15) is 14.0 Å². The van der Waals surface area contributed by atoms with Crippen molar-refractivity contribution >= 4 is 17.6 Å². The number of rotatable bonds is 9. The Morgan fingerprint density at radius 3 is 2.76 bits per heavy atom. The second-order valence-electron chi connectivity index (χ2n) is 4.47. The Balaban J connectivity index is 2.07. The minimum Gasteiger partial charge on any atom is -0.466 e. The zero-order valence-electron chi connectivity index (χ0n) is 12.2. The number of hydrogen-bond donors (Lipinski definition) is 2. The van der Waals surface area contributed by atoms with Crippen molar-refractivity contribution in [2.45, 2.75) is 26.2 Å². The van der Waals surface area contributed by atoms with Crippen LogP contribution in [-0.4, -0.2) is 31.6 Å². The summed E-state index contributed by atoms with van der Waals surface area (Å²) in [5.74, 6) is -0.772. The lowest BCUT2D eigenvalue weighted by atomic mass is 10.3. The van der Waals surface area contributed by atoms with E-state index in [4.69, 9.17) is 4.74 Å². The maximum Gasteiger partial charge on any atom is 0.305 e. The predicted octanol–water partition coefficient (Wildman–Crippen LogP) is 2.09. The van der Waals surface area contributed by atoms with Gasteiger partial charge in [0.05, 0.1) is 6.61 Å².